The molecular weight excluding hydrogens is 332 g/mol. The van der Waals surface area contributed by atoms with Crippen molar-refractivity contribution in [2.24, 2.45) is 11.3 Å². The molecule has 7 nitrogen and oxygen atoms in total. The minimum Gasteiger partial charge on any atom is -0.368 e. The van der Waals surface area contributed by atoms with Crippen LogP contribution >= 0.6 is 0 Å². The van der Waals surface area contributed by atoms with Gasteiger partial charge in [-0.2, -0.15) is 0 Å². The standard InChI is InChI=1S/C19H26N4O3/c24-17(21-26)16-15(12-19(6-7-19)13-20-16)18(25)23-10-8-22(9-11-23)14-4-2-1-3-5-14/h1-5,15-16,20,26H,6-13H2,(H,21,24). The van der Waals surface area contributed by atoms with Crippen LogP contribution in [0.4, 0.5) is 5.69 Å². The predicted molar refractivity (Wildman–Crippen MR) is 96.7 cm³/mol. The van der Waals surface area contributed by atoms with E-state index in [1.165, 1.54) is 5.69 Å². The molecule has 2 aliphatic heterocycles. The second kappa shape index (κ2) is 6.89. The minimum absolute atomic E-state index is 0.0322. The van der Waals surface area contributed by atoms with E-state index in [4.69, 9.17) is 5.21 Å². The molecule has 1 aromatic carbocycles. The highest BCUT2D eigenvalue weighted by atomic mass is 16.5. The van der Waals surface area contributed by atoms with Crippen molar-refractivity contribution in [3.63, 3.8) is 0 Å². The van der Waals surface area contributed by atoms with Crippen LogP contribution in [0.3, 0.4) is 0 Å². The maximum atomic E-state index is 13.1. The summed E-state index contributed by atoms with van der Waals surface area (Å²) in [6.45, 7) is 3.64. The average molecular weight is 358 g/mol. The second-order valence-electron chi connectivity index (χ2n) is 7.79. The van der Waals surface area contributed by atoms with Gasteiger partial charge in [0.25, 0.3) is 5.91 Å². The summed E-state index contributed by atoms with van der Waals surface area (Å²) in [7, 11) is 0. The number of nitrogens with one attached hydrogen (secondary N) is 2. The molecule has 2 heterocycles. The Kier molecular flexibility index (Phi) is 4.58. The van der Waals surface area contributed by atoms with E-state index >= 15 is 0 Å². The predicted octanol–water partition coefficient (Wildman–Crippen LogP) is 0.599. The lowest BCUT2D eigenvalue weighted by Crippen LogP contribution is -2.60. The maximum Gasteiger partial charge on any atom is 0.261 e. The third-order valence-electron chi connectivity index (χ3n) is 6.13. The molecule has 7 heteroatoms. The highest BCUT2D eigenvalue weighted by Gasteiger charge is 2.52. The summed E-state index contributed by atoms with van der Waals surface area (Å²) < 4.78 is 0. The number of benzene rings is 1. The molecule has 2 atom stereocenters. The van der Waals surface area contributed by atoms with Gasteiger partial charge in [0.2, 0.25) is 5.91 Å². The number of para-hydroxylation sites is 1. The topological polar surface area (TPSA) is 84.9 Å². The highest BCUT2D eigenvalue weighted by Crippen LogP contribution is 2.52. The van der Waals surface area contributed by atoms with Gasteiger partial charge in [0, 0.05) is 38.4 Å². The lowest BCUT2D eigenvalue weighted by molar-refractivity contribution is -0.145. The Morgan fingerprint density at radius 3 is 2.42 bits per heavy atom. The number of carbonyl (C=O) groups excluding carboxylic acids is 2. The molecule has 3 fully saturated rings. The molecule has 4 rings (SSSR count). The third kappa shape index (κ3) is 3.29. The number of hydroxylamine groups is 1. The lowest BCUT2D eigenvalue weighted by Gasteiger charge is -2.41. The van der Waals surface area contributed by atoms with Crippen molar-refractivity contribution in [2.75, 3.05) is 37.6 Å². The van der Waals surface area contributed by atoms with Crippen LogP contribution in [0.5, 0.6) is 0 Å². The van der Waals surface area contributed by atoms with Gasteiger partial charge in [0.05, 0.1) is 5.92 Å². The first-order valence-electron chi connectivity index (χ1n) is 9.38. The zero-order chi connectivity index (χ0) is 18.1. The SMILES string of the molecule is O=C(NO)C1NCC2(CC2)CC1C(=O)N1CCN(c2ccccc2)CC1. The molecule has 1 saturated carbocycles. The molecule has 0 radical (unpaired) electrons. The molecule has 2 unspecified atom stereocenters. The number of carbonyl (C=O) groups is 2. The smallest absolute Gasteiger partial charge is 0.261 e. The van der Waals surface area contributed by atoms with Gasteiger partial charge in [-0.25, -0.2) is 5.48 Å². The summed E-state index contributed by atoms with van der Waals surface area (Å²) in [6.07, 6.45) is 2.95. The Labute approximate surface area is 153 Å². The van der Waals surface area contributed by atoms with Crippen molar-refractivity contribution < 1.29 is 14.8 Å². The molecule has 26 heavy (non-hydrogen) atoms. The van der Waals surface area contributed by atoms with E-state index in [0.29, 0.717) is 13.1 Å². The number of piperazine rings is 1. The van der Waals surface area contributed by atoms with Crippen LogP contribution < -0.4 is 15.7 Å². The first kappa shape index (κ1) is 17.3. The summed E-state index contributed by atoms with van der Waals surface area (Å²) in [5.74, 6) is -0.881. The first-order valence-corrected chi connectivity index (χ1v) is 9.38. The third-order valence-corrected chi connectivity index (χ3v) is 6.13. The van der Waals surface area contributed by atoms with Crippen LogP contribution in [0.25, 0.3) is 0 Å². The molecule has 3 N–H and O–H groups in total. The van der Waals surface area contributed by atoms with Gasteiger partial charge in [-0.05, 0) is 36.8 Å². The number of rotatable bonds is 3. The van der Waals surface area contributed by atoms with E-state index in [0.717, 1.165) is 38.9 Å². The molecular formula is C19H26N4O3. The normalized spacial score (nSPS) is 27.3. The van der Waals surface area contributed by atoms with Gasteiger partial charge >= 0.3 is 0 Å². The fraction of sp³-hybridized carbons (Fsp3) is 0.579. The summed E-state index contributed by atoms with van der Waals surface area (Å²) in [4.78, 5) is 29.3. The van der Waals surface area contributed by atoms with E-state index in [9.17, 15) is 9.59 Å². The molecule has 140 valence electrons. The minimum atomic E-state index is -0.647. The monoisotopic (exact) mass is 358 g/mol. The van der Waals surface area contributed by atoms with Crippen molar-refractivity contribution in [3.05, 3.63) is 30.3 Å². The zero-order valence-corrected chi connectivity index (χ0v) is 14.9. The van der Waals surface area contributed by atoms with Crippen LogP contribution in [0.1, 0.15) is 19.3 Å². The summed E-state index contributed by atoms with van der Waals surface area (Å²) >= 11 is 0. The number of hydrogen-bond donors (Lipinski definition) is 3. The number of anilines is 1. The van der Waals surface area contributed by atoms with E-state index in [1.54, 1.807) is 5.48 Å². The largest absolute Gasteiger partial charge is 0.368 e. The lowest BCUT2D eigenvalue weighted by atomic mass is 9.81. The fourth-order valence-electron chi connectivity index (χ4n) is 4.32. The Morgan fingerprint density at radius 2 is 1.81 bits per heavy atom. The van der Waals surface area contributed by atoms with Gasteiger partial charge in [0.1, 0.15) is 6.04 Å². The van der Waals surface area contributed by atoms with Gasteiger partial charge in [-0.15, -0.1) is 0 Å². The molecule has 3 aliphatic rings. The average Bonchev–Trinajstić information content (AvgIpc) is 3.46. The number of hydrogen-bond acceptors (Lipinski definition) is 5. The van der Waals surface area contributed by atoms with E-state index in [2.05, 4.69) is 22.3 Å². The summed E-state index contributed by atoms with van der Waals surface area (Å²) in [6, 6.07) is 9.56. The molecule has 1 spiro atoms. The van der Waals surface area contributed by atoms with Crippen molar-refractivity contribution in [1.29, 1.82) is 0 Å². The summed E-state index contributed by atoms with van der Waals surface area (Å²) in [5.41, 5.74) is 3.07. The van der Waals surface area contributed by atoms with Gasteiger partial charge in [-0.3, -0.25) is 14.8 Å². The zero-order valence-electron chi connectivity index (χ0n) is 14.9. The molecule has 0 aromatic heterocycles. The Bertz CT molecular complexity index is 669. The Balaban J connectivity index is 1.42. The van der Waals surface area contributed by atoms with E-state index in [-0.39, 0.29) is 11.3 Å². The molecule has 1 aliphatic carbocycles. The van der Waals surface area contributed by atoms with Gasteiger partial charge < -0.3 is 15.1 Å². The second-order valence-corrected chi connectivity index (χ2v) is 7.79. The van der Waals surface area contributed by atoms with Crippen molar-refractivity contribution in [1.82, 2.24) is 15.7 Å². The number of amides is 2. The fourth-order valence-corrected chi connectivity index (χ4v) is 4.32. The molecule has 2 saturated heterocycles. The quantitative estimate of drug-likeness (QED) is 0.544. The maximum absolute atomic E-state index is 13.1. The van der Waals surface area contributed by atoms with Crippen LogP contribution in [-0.2, 0) is 9.59 Å². The van der Waals surface area contributed by atoms with Crippen molar-refractivity contribution in [2.45, 2.75) is 25.3 Å². The van der Waals surface area contributed by atoms with Crippen LogP contribution in [0, 0.1) is 11.3 Å². The van der Waals surface area contributed by atoms with Crippen molar-refractivity contribution >= 4 is 17.5 Å². The Morgan fingerprint density at radius 1 is 1.12 bits per heavy atom. The molecule has 2 amide bonds. The molecule has 0 bridgehead atoms. The first-order chi connectivity index (χ1) is 12.6. The van der Waals surface area contributed by atoms with E-state index < -0.39 is 17.9 Å². The van der Waals surface area contributed by atoms with Gasteiger partial charge in [-0.1, -0.05) is 18.2 Å². The van der Waals surface area contributed by atoms with Crippen LogP contribution in [0.15, 0.2) is 30.3 Å². The number of piperidine rings is 1. The van der Waals surface area contributed by atoms with Crippen LogP contribution in [-0.4, -0.2) is 60.7 Å². The molecule has 1 aromatic rings. The van der Waals surface area contributed by atoms with Crippen molar-refractivity contribution in [3.8, 4) is 0 Å². The van der Waals surface area contributed by atoms with Crippen LogP contribution in [0.2, 0.25) is 0 Å². The number of nitrogens with zero attached hydrogens (tertiary/aromatic N) is 2. The summed E-state index contributed by atoms with van der Waals surface area (Å²) in [5, 5.41) is 12.2. The highest BCUT2D eigenvalue weighted by molar-refractivity contribution is 5.90. The van der Waals surface area contributed by atoms with E-state index in [1.807, 2.05) is 23.1 Å². The Hall–Kier alpha value is -2.12. The van der Waals surface area contributed by atoms with Gasteiger partial charge in [0.15, 0.2) is 0 Å².